The molecular formula is C18H15F2N7S. The largest absolute Gasteiger partial charge is 0.357 e. The van der Waals surface area contributed by atoms with E-state index in [0.29, 0.717) is 17.5 Å². The standard InChI is InChI=1S/C18H15F2N7S/c1-21-16-25-17(22-8-10-2-3-11(19)6-13(10)20)27-18(26-16)24-12-4-5-14-15(7-12)28-9-23-14/h2-7,9H,8H2,1H3,(H3,21,22,24,25,26,27). The second kappa shape index (κ2) is 7.69. The summed E-state index contributed by atoms with van der Waals surface area (Å²) in [5, 5.41) is 8.93. The third-order valence-corrected chi connectivity index (χ3v) is 4.69. The van der Waals surface area contributed by atoms with Crippen LogP contribution in [0, 0.1) is 11.6 Å². The summed E-state index contributed by atoms with van der Waals surface area (Å²) in [4.78, 5) is 17.1. The van der Waals surface area contributed by atoms with Gasteiger partial charge in [-0.1, -0.05) is 6.07 Å². The first-order valence-electron chi connectivity index (χ1n) is 8.32. The lowest BCUT2D eigenvalue weighted by Crippen LogP contribution is -2.10. The molecule has 7 nitrogen and oxygen atoms in total. The number of halogens is 2. The highest BCUT2D eigenvalue weighted by Gasteiger charge is 2.09. The Bertz CT molecular complexity index is 1130. The van der Waals surface area contributed by atoms with Crippen molar-refractivity contribution < 1.29 is 8.78 Å². The first kappa shape index (κ1) is 18.0. The molecule has 2 heterocycles. The van der Waals surface area contributed by atoms with E-state index in [0.717, 1.165) is 22.0 Å². The topological polar surface area (TPSA) is 87.7 Å². The number of hydrogen-bond donors (Lipinski definition) is 3. The Morgan fingerprint density at radius 3 is 2.61 bits per heavy atom. The summed E-state index contributed by atoms with van der Waals surface area (Å²) in [6, 6.07) is 9.16. The number of fused-ring (bicyclic) bond motifs is 1. The number of nitrogens with one attached hydrogen (secondary N) is 3. The van der Waals surface area contributed by atoms with Gasteiger partial charge < -0.3 is 16.0 Å². The van der Waals surface area contributed by atoms with Crippen LogP contribution in [0.4, 0.5) is 32.3 Å². The molecule has 0 spiro atoms. The van der Waals surface area contributed by atoms with Crippen molar-refractivity contribution in [1.29, 1.82) is 0 Å². The van der Waals surface area contributed by atoms with Gasteiger partial charge in [0.05, 0.1) is 15.7 Å². The average molecular weight is 399 g/mol. The number of nitrogens with zero attached hydrogens (tertiary/aromatic N) is 4. The van der Waals surface area contributed by atoms with Gasteiger partial charge in [-0.15, -0.1) is 11.3 Å². The third-order valence-electron chi connectivity index (χ3n) is 3.90. The summed E-state index contributed by atoms with van der Waals surface area (Å²) in [5.41, 5.74) is 3.82. The maximum atomic E-state index is 13.8. The molecule has 142 valence electrons. The molecule has 0 bridgehead atoms. The lowest BCUT2D eigenvalue weighted by molar-refractivity contribution is 0.574. The number of thiazole rings is 1. The molecule has 0 atom stereocenters. The Labute approximate surface area is 162 Å². The molecule has 0 fully saturated rings. The summed E-state index contributed by atoms with van der Waals surface area (Å²) in [5.74, 6) is -0.330. The molecule has 4 rings (SSSR count). The lowest BCUT2D eigenvalue weighted by atomic mass is 10.2. The van der Waals surface area contributed by atoms with Crippen molar-refractivity contribution in [3.63, 3.8) is 0 Å². The zero-order chi connectivity index (χ0) is 19.5. The smallest absolute Gasteiger partial charge is 0.233 e. The van der Waals surface area contributed by atoms with E-state index in [1.165, 1.54) is 23.5 Å². The highest BCUT2D eigenvalue weighted by Crippen LogP contribution is 2.24. The fourth-order valence-electron chi connectivity index (χ4n) is 2.52. The highest BCUT2D eigenvalue weighted by atomic mass is 32.1. The number of benzene rings is 2. The third kappa shape index (κ3) is 3.96. The summed E-state index contributed by atoms with van der Waals surface area (Å²) in [6.45, 7) is 0.103. The molecule has 2 aromatic heterocycles. The summed E-state index contributed by atoms with van der Waals surface area (Å²) in [6.07, 6.45) is 0. The predicted octanol–water partition coefficient (Wildman–Crippen LogP) is 4.16. The van der Waals surface area contributed by atoms with Crippen LogP contribution >= 0.6 is 11.3 Å². The van der Waals surface area contributed by atoms with E-state index in [2.05, 4.69) is 35.9 Å². The molecule has 28 heavy (non-hydrogen) atoms. The minimum atomic E-state index is -0.633. The van der Waals surface area contributed by atoms with Gasteiger partial charge in [0.15, 0.2) is 0 Å². The second-order valence-electron chi connectivity index (χ2n) is 5.81. The number of aromatic nitrogens is 4. The zero-order valence-corrected chi connectivity index (χ0v) is 15.5. The molecule has 0 radical (unpaired) electrons. The zero-order valence-electron chi connectivity index (χ0n) is 14.7. The molecule has 0 aliphatic heterocycles. The molecule has 10 heteroatoms. The minimum absolute atomic E-state index is 0.103. The molecule has 0 saturated heterocycles. The van der Waals surface area contributed by atoms with Crippen LogP contribution in [0.25, 0.3) is 10.2 Å². The van der Waals surface area contributed by atoms with Crippen LogP contribution in [0.2, 0.25) is 0 Å². The van der Waals surface area contributed by atoms with Crippen LogP contribution in [0.5, 0.6) is 0 Å². The van der Waals surface area contributed by atoms with E-state index in [1.807, 2.05) is 18.2 Å². The summed E-state index contributed by atoms with van der Waals surface area (Å²) >= 11 is 1.54. The van der Waals surface area contributed by atoms with Gasteiger partial charge >= 0.3 is 0 Å². The Morgan fingerprint density at radius 1 is 0.964 bits per heavy atom. The summed E-state index contributed by atoms with van der Waals surface area (Å²) < 4.78 is 27.9. The Balaban J connectivity index is 1.54. The first-order valence-corrected chi connectivity index (χ1v) is 9.20. The number of rotatable bonds is 6. The van der Waals surface area contributed by atoms with Crippen LogP contribution in [0.3, 0.4) is 0 Å². The lowest BCUT2D eigenvalue weighted by Gasteiger charge is -2.10. The average Bonchev–Trinajstić information content (AvgIpc) is 3.15. The van der Waals surface area contributed by atoms with Crippen LogP contribution in [0.1, 0.15) is 5.56 Å². The fraction of sp³-hybridized carbons (Fsp3) is 0.111. The van der Waals surface area contributed by atoms with Crippen LogP contribution in [-0.2, 0) is 6.54 Å². The van der Waals surface area contributed by atoms with Gasteiger partial charge in [0.1, 0.15) is 11.6 Å². The van der Waals surface area contributed by atoms with Crippen molar-refractivity contribution in [3.05, 3.63) is 59.1 Å². The Morgan fingerprint density at radius 2 is 1.79 bits per heavy atom. The van der Waals surface area contributed by atoms with Gasteiger partial charge in [0.25, 0.3) is 0 Å². The molecule has 0 aliphatic rings. The SMILES string of the molecule is CNc1nc(NCc2ccc(F)cc2F)nc(Nc2ccc3ncsc3c2)n1. The minimum Gasteiger partial charge on any atom is -0.357 e. The van der Waals surface area contributed by atoms with Gasteiger partial charge in [0, 0.05) is 30.9 Å². The molecule has 0 aliphatic carbocycles. The molecule has 4 aromatic rings. The normalized spacial score (nSPS) is 10.8. The Kier molecular flexibility index (Phi) is 4.94. The molecule has 3 N–H and O–H groups in total. The van der Waals surface area contributed by atoms with E-state index in [9.17, 15) is 8.78 Å². The monoisotopic (exact) mass is 399 g/mol. The van der Waals surface area contributed by atoms with Gasteiger partial charge in [-0.3, -0.25) is 0 Å². The van der Waals surface area contributed by atoms with E-state index in [4.69, 9.17) is 0 Å². The van der Waals surface area contributed by atoms with Crippen molar-refractivity contribution >= 4 is 45.1 Å². The number of hydrogen-bond acceptors (Lipinski definition) is 8. The van der Waals surface area contributed by atoms with Gasteiger partial charge in [-0.25, -0.2) is 13.8 Å². The highest BCUT2D eigenvalue weighted by molar-refractivity contribution is 7.16. The molecule has 0 unspecified atom stereocenters. The molecule has 2 aromatic carbocycles. The molecule has 0 amide bonds. The maximum absolute atomic E-state index is 13.8. The number of anilines is 4. The van der Waals surface area contributed by atoms with Gasteiger partial charge in [0.2, 0.25) is 17.8 Å². The van der Waals surface area contributed by atoms with Crippen molar-refractivity contribution in [2.24, 2.45) is 0 Å². The van der Waals surface area contributed by atoms with Crippen LogP contribution in [0.15, 0.2) is 41.9 Å². The van der Waals surface area contributed by atoms with Crippen molar-refractivity contribution in [3.8, 4) is 0 Å². The van der Waals surface area contributed by atoms with E-state index in [1.54, 1.807) is 12.6 Å². The van der Waals surface area contributed by atoms with Crippen LogP contribution < -0.4 is 16.0 Å². The molecular weight excluding hydrogens is 384 g/mol. The quantitative estimate of drug-likeness (QED) is 0.449. The maximum Gasteiger partial charge on any atom is 0.233 e. The Hall–Kier alpha value is -3.40. The van der Waals surface area contributed by atoms with Crippen LogP contribution in [-0.4, -0.2) is 27.0 Å². The fourth-order valence-corrected chi connectivity index (χ4v) is 3.24. The van der Waals surface area contributed by atoms with Gasteiger partial charge in [-0.2, -0.15) is 15.0 Å². The van der Waals surface area contributed by atoms with Crippen molar-refractivity contribution in [2.75, 3.05) is 23.0 Å². The first-order chi connectivity index (χ1) is 13.6. The van der Waals surface area contributed by atoms with Crippen molar-refractivity contribution in [1.82, 2.24) is 19.9 Å². The van der Waals surface area contributed by atoms with E-state index < -0.39 is 11.6 Å². The summed E-state index contributed by atoms with van der Waals surface area (Å²) in [7, 11) is 1.69. The van der Waals surface area contributed by atoms with Crippen molar-refractivity contribution in [2.45, 2.75) is 6.54 Å². The van der Waals surface area contributed by atoms with Gasteiger partial charge in [-0.05, 0) is 24.3 Å². The van der Waals surface area contributed by atoms with E-state index in [-0.39, 0.29) is 12.5 Å². The van der Waals surface area contributed by atoms with E-state index >= 15 is 0 Å². The predicted molar refractivity (Wildman–Crippen MR) is 106 cm³/mol. The molecule has 0 saturated carbocycles. The second-order valence-corrected chi connectivity index (χ2v) is 6.69.